The number of aryl methyl sites for hydroxylation is 1. The number of benzene rings is 1. The van der Waals surface area contributed by atoms with Gasteiger partial charge in [0.05, 0.1) is 7.11 Å². The molecule has 1 aliphatic carbocycles. The van der Waals surface area contributed by atoms with Crippen molar-refractivity contribution in [3.8, 4) is 5.75 Å². The summed E-state index contributed by atoms with van der Waals surface area (Å²) in [7, 11) is 1.75. The molecule has 3 heteroatoms. The van der Waals surface area contributed by atoms with Gasteiger partial charge in [0.15, 0.2) is 0 Å². The Kier molecular flexibility index (Phi) is 4.27. The van der Waals surface area contributed by atoms with Crippen molar-refractivity contribution in [2.75, 3.05) is 26.7 Å². The first kappa shape index (κ1) is 13.9. The third kappa shape index (κ3) is 2.70. The normalized spacial score (nSPS) is 27.1. The van der Waals surface area contributed by atoms with Gasteiger partial charge in [-0.1, -0.05) is 6.07 Å². The van der Waals surface area contributed by atoms with Crippen molar-refractivity contribution in [3.63, 3.8) is 0 Å². The first-order valence-electron chi connectivity index (χ1n) is 7.92. The fourth-order valence-corrected chi connectivity index (χ4v) is 3.84. The lowest BCUT2D eigenvalue weighted by Gasteiger charge is -2.40. The Bertz CT molecular complexity index is 460. The zero-order valence-electron chi connectivity index (χ0n) is 12.5. The Balaban J connectivity index is 1.82. The second-order valence-electron chi connectivity index (χ2n) is 6.21. The summed E-state index contributed by atoms with van der Waals surface area (Å²) < 4.78 is 5.37. The summed E-state index contributed by atoms with van der Waals surface area (Å²) in [5, 5.41) is 0. The number of likely N-dealkylation sites (tertiary alicyclic amines) is 1. The standard InChI is InChI=1S/C17H26N2O/c1-20-15-7-8-16-14(10-15)5-2-6-17(16)19-9-3-4-13(11-18)12-19/h7-8,10,13,17H,2-6,9,11-12,18H2,1H3. The summed E-state index contributed by atoms with van der Waals surface area (Å²) in [4.78, 5) is 2.67. The van der Waals surface area contributed by atoms with Crippen LogP contribution in [0.15, 0.2) is 18.2 Å². The highest BCUT2D eigenvalue weighted by molar-refractivity contribution is 5.39. The van der Waals surface area contributed by atoms with Crippen molar-refractivity contribution in [1.82, 2.24) is 4.90 Å². The highest BCUT2D eigenvalue weighted by Crippen LogP contribution is 2.37. The SMILES string of the molecule is COc1ccc2c(c1)CCCC2N1CCCC(CN)C1. The second kappa shape index (κ2) is 6.15. The van der Waals surface area contributed by atoms with Crippen molar-refractivity contribution in [2.45, 2.75) is 38.1 Å². The van der Waals surface area contributed by atoms with Gasteiger partial charge in [-0.2, -0.15) is 0 Å². The van der Waals surface area contributed by atoms with E-state index in [1.54, 1.807) is 7.11 Å². The molecule has 110 valence electrons. The molecule has 0 bridgehead atoms. The van der Waals surface area contributed by atoms with E-state index in [2.05, 4.69) is 23.1 Å². The van der Waals surface area contributed by atoms with Crippen LogP contribution in [-0.2, 0) is 6.42 Å². The Morgan fingerprint density at radius 1 is 1.30 bits per heavy atom. The fraction of sp³-hybridized carbons (Fsp3) is 0.647. The summed E-state index contributed by atoms with van der Waals surface area (Å²) in [6, 6.07) is 7.22. The van der Waals surface area contributed by atoms with Crippen molar-refractivity contribution in [1.29, 1.82) is 0 Å². The smallest absolute Gasteiger partial charge is 0.119 e. The molecular formula is C17H26N2O. The molecule has 1 aromatic carbocycles. The van der Waals surface area contributed by atoms with Gasteiger partial charge in [0.2, 0.25) is 0 Å². The Morgan fingerprint density at radius 3 is 3.00 bits per heavy atom. The van der Waals surface area contributed by atoms with Crippen molar-refractivity contribution in [3.05, 3.63) is 29.3 Å². The Morgan fingerprint density at radius 2 is 2.20 bits per heavy atom. The minimum Gasteiger partial charge on any atom is -0.497 e. The van der Waals surface area contributed by atoms with Crippen molar-refractivity contribution in [2.24, 2.45) is 11.7 Å². The average molecular weight is 274 g/mol. The van der Waals surface area contributed by atoms with Gasteiger partial charge in [-0.3, -0.25) is 4.90 Å². The van der Waals surface area contributed by atoms with Crippen molar-refractivity contribution < 1.29 is 4.74 Å². The molecule has 1 aromatic rings. The first-order valence-corrected chi connectivity index (χ1v) is 7.92. The second-order valence-corrected chi connectivity index (χ2v) is 6.21. The van der Waals surface area contributed by atoms with E-state index in [0.717, 1.165) is 12.3 Å². The molecule has 0 saturated carbocycles. The van der Waals surface area contributed by atoms with Crippen LogP contribution < -0.4 is 10.5 Å². The molecule has 3 nitrogen and oxygen atoms in total. The molecule has 2 aliphatic rings. The van der Waals surface area contributed by atoms with Gasteiger partial charge in [0.25, 0.3) is 0 Å². The van der Waals surface area contributed by atoms with Crippen molar-refractivity contribution >= 4 is 0 Å². The Labute approximate surface area is 122 Å². The molecule has 0 amide bonds. The zero-order chi connectivity index (χ0) is 13.9. The summed E-state index contributed by atoms with van der Waals surface area (Å²) in [6.45, 7) is 3.23. The maximum Gasteiger partial charge on any atom is 0.119 e. The molecule has 0 radical (unpaired) electrons. The van der Waals surface area contributed by atoms with E-state index in [-0.39, 0.29) is 0 Å². The van der Waals surface area contributed by atoms with Crippen LogP contribution in [0.3, 0.4) is 0 Å². The minimum atomic E-state index is 0.596. The lowest BCUT2D eigenvalue weighted by Crippen LogP contribution is -2.41. The highest BCUT2D eigenvalue weighted by atomic mass is 16.5. The quantitative estimate of drug-likeness (QED) is 0.921. The molecule has 1 fully saturated rings. The molecule has 20 heavy (non-hydrogen) atoms. The topological polar surface area (TPSA) is 38.5 Å². The maximum atomic E-state index is 5.88. The zero-order valence-corrected chi connectivity index (χ0v) is 12.5. The third-order valence-electron chi connectivity index (χ3n) is 4.96. The van der Waals surface area contributed by atoms with E-state index in [1.165, 1.54) is 56.3 Å². The first-order chi connectivity index (χ1) is 9.81. The van der Waals surface area contributed by atoms with Crippen LogP contribution in [0.1, 0.15) is 42.9 Å². The molecule has 1 heterocycles. The number of fused-ring (bicyclic) bond motifs is 1. The predicted octanol–water partition coefficient (Wildman–Crippen LogP) is 2.74. The van der Waals surface area contributed by atoms with Crippen LogP contribution in [0.4, 0.5) is 0 Å². The van der Waals surface area contributed by atoms with Gasteiger partial charge in [-0.15, -0.1) is 0 Å². The summed E-state index contributed by atoms with van der Waals surface area (Å²) >= 11 is 0. The van der Waals surface area contributed by atoms with E-state index >= 15 is 0 Å². The lowest BCUT2D eigenvalue weighted by atomic mass is 9.85. The van der Waals surface area contributed by atoms with E-state index < -0.39 is 0 Å². The molecule has 3 rings (SSSR count). The summed E-state index contributed by atoms with van der Waals surface area (Å²) in [6.07, 6.45) is 6.36. The minimum absolute atomic E-state index is 0.596. The molecule has 0 aromatic heterocycles. The monoisotopic (exact) mass is 274 g/mol. The molecule has 1 saturated heterocycles. The fourth-order valence-electron chi connectivity index (χ4n) is 3.84. The number of nitrogens with two attached hydrogens (primary N) is 1. The van der Waals surface area contributed by atoms with E-state index in [9.17, 15) is 0 Å². The predicted molar refractivity (Wildman–Crippen MR) is 82.0 cm³/mol. The largest absolute Gasteiger partial charge is 0.497 e. The highest BCUT2D eigenvalue weighted by Gasteiger charge is 2.29. The molecule has 2 atom stereocenters. The van der Waals surface area contributed by atoms with Crippen LogP contribution in [0.2, 0.25) is 0 Å². The molecule has 2 N–H and O–H groups in total. The number of ether oxygens (including phenoxy) is 1. The van der Waals surface area contributed by atoms with Gasteiger partial charge in [-0.25, -0.2) is 0 Å². The Hall–Kier alpha value is -1.06. The number of piperidine rings is 1. The van der Waals surface area contributed by atoms with E-state index in [0.29, 0.717) is 12.0 Å². The summed E-state index contributed by atoms with van der Waals surface area (Å²) in [5.74, 6) is 1.68. The number of rotatable bonds is 3. The number of nitrogens with zero attached hydrogens (tertiary/aromatic N) is 1. The van der Waals surface area contributed by atoms with Gasteiger partial charge in [-0.05, 0) is 74.4 Å². The van der Waals surface area contributed by atoms with Gasteiger partial charge in [0, 0.05) is 12.6 Å². The van der Waals surface area contributed by atoms with E-state index in [4.69, 9.17) is 10.5 Å². The third-order valence-corrected chi connectivity index (χ3v) is 4.96. The number of methoxy groups -OCH3 is 1. The van der Waals surface area contributed by atoms with Gasteiger partial charge < -0.3 is 10.5 Å². The molecule has 2 unspecified atom stereocenters. The maximum absolute atomic E-state index is 5.88. The number of hydrogen-bond acceptors (Lipinski definition) is 3. The van der Waals surface area contributed by atoms with Crippen LogP contribution in [0.5, 0.6) is 5.75 Å². The van der Waals surface area contributed by atoms with Crippen LogP contribution in [-0.4, -0.2) is 31.6 Å². The molecular weight excluding hydrogens is 248 g/mol. The average Bonchev–Trinajstić information content (AvgIpc) is 2.53. The van der Waals surface area contributed by atoms with Crippen LogP contribution >= 0.6 is 0 Å². The van der Waals surface area contributed by atoms with Crippen LogP contribution in [0.25, 0.3) is 0 Å². The van der Waals surface area contributed by atoms with E-state index in [1.807, 2.05) is 0 Å². The van der Waals surface area contributed by atoms with Gasteiger partial charge >= 0.3 is 0 Å². The van der Waals surface area contributed by atoms with Crippen LogP contribution in [0, 0.1) is 5.92 Å². The molecule has 1 aliphatic heterocycles. The number of hydrogen-bond donors (Lipinski definition) is 1. The lowest BCUT2D eigenvalue weighted by molar-refractivity contribution is 0.114. The molecule has 0 spiro atoms. The summed E-state index contributed by atoms with van der Waals surface area (Å²) in [5.41, 5.74) is 8.89. The van der Waals surface area contributed by atoms with Gasteiger partial charge in [0.1, 0.15) is 5.75 Å².